The molecule has 64 valence electrons. The van der Waals surface area contributed by atoms with Crippen molar-refractivity contribution >= 4 is 0 Å². The van der Waals surface area contributed by atoms with Crippen molar-refractivity contribution in [3.05, 3.63) is 47.6 Å². The molecular weight excluding hydrogens is 144 g/mol. The van der Waals surface area contributed by atoms with Gasteiger partial charge in [-0.25, -0.2) is 0 Å². The van der Waals surface area contributed by atoms with Crippen LogP contribution < -0.4 is 0 Å². The number of hydrogen-bond acceptors (Lipinski definition) is 0. The maximum Gasteiger partial charge on any atom is -0.0241 e. The van der Waals surface area contributed by atoms with Crippen molar-refractivity contribution in [2.75, 3.05) is 0 Å². The molecule has 1 aliphatic carbocycles. The summed E-state index contributed by atoms with van der Waals surface area (Å²) in [7, 11) is 0. The van der Waals surface area contributed by atoms with E-state index in [9.17, 15) is 0 Å². The van der Waals surface area contributed by atoms with E-state index >= 15 is 0 Å². The first-order valence-electron chi connectivity index (χ1n) is 4.40. The van der Waals surface area contributed by atoms with Gasteiger partial charge in [-0.05, 0) is 32.3 Å². The highest BCUT2D eigenvalue weighted by Crippen LogP contribution is 2.23. The summed E-state index contributed by atoms with van der Waals surface area (Å²) in [6.45, 7) is 8.04. The second-order valence-electron chi connectivity index (χ2n) is 3.28. The monoisotopic (exact) mass is 160 g/mol. The predicted molar refractivity (Wildman–Crippen MR) is 55.0 cm³/mol. The van der Waals surface area contributed by atoms with Gasteiger partial charge in [0, 0.05) is 0 Å². The first kappa shape index (κ1) is 9.05. The Balaban J connectivity index is 2.76. The van der Waals surface area contributed by atoms with Gasteiger partial charge >= 0.3 is 0 Å². The van der Waals surface area contributed by atoms with Gasteiger partial charge in [0.05, 0.1) is 0 Å². The van der Waals surface area contributed by atoms with Crippen LogP contribution in [0.3, 0.4) is 0 Å². The molecule has 0 aliphatic heterocycles. The average Bonchev–Trinajstić information content (AvgIpc) is 2.07. The lowest BCUT2D eigenvalue weighted by Gasteiger charge is -2.12. The van der Waals surface area contributed by atoms with Crippen molar-refractivity contribution < 1.29 is 0 Å². The molecule has 0 bridgehead atoms. The van der Waals surface area contributed by atoms with Gasteiger partial charge in [-0.1, -0.05) is 42.0 Å². The summed E-state index contributed by atoms with van der Waals surface area (Å²) in [5, 5.41) is 0. The summed E-state index contributed by atoms with van der Waals surface area (Å²) in [5.41, 5.74) is 4.36. The molecule has 0 heteroatoms. The fraction of sp³-hybridized carbons (Fsp3) is 0.333. The van der Waals surface area contributed by atoms with Crippen LogP contribution in [0.25, 0.3) is 0 Å². The quantitative estimate of drug-likeness (QED) is 0.539. The summed E-state index contributed by atoms with van der Waals surface area (Å²) in [5.74, 6) is 0. The van der Waals surface area contributed by atoms with E-state index in [1.54, 1.807) is 0 Å². The fourth-order valence-electron chi connectivity index (χ4n) is 1.33. The maximum atomic E-state index is 3.65. The third-order valence-corrected chi connectivity index (χ3v) is 2.31. The van der Waals surface area contributed by atoms with Gasteiger partial charge < -0.3 is 0 Å². The molecule has 0 heterocycles. The van der Waals surface area contributed by atoms with Gasteiger partial charge in [0.1, 0.15) is 0 Å². The van der Waals surface area contributed by atoms with E-state index in [0.29, 0.717) is 0 Å². The Kier molecular flexibility index (Phi) is 3.09. The van der Waals surface area contributed by atoms with Crippen molar-refractivity contribution in [1.29, 1.82) is 0 Å². The molecule has 0 N–H and O–H groups in total. The highest BCUT2D eigenvalue weighted by atomic mass is 14.1. The summed E-state index contributed by atoms with van der Waals surface area (Å²) in [6, 6.07) is 0. The van der Waals surface area contributed by atoms with E-state index in [2.05, 4.69) is 32.6 Å². The summed E-state index contributed by atoms with van der Waals surface area (Å²) >= 11 is 0. The van der Waals surface area contributed by atoms with Crippen LogP contribution in [0.4, 0.5) is 0 Å². The van der Waals surface area contributed by atoms with Crippen LogP contribution in [0.2, 0.25) is 0 Å². The molecule has 0 saturated heterocycles. The lowest BCUT2D eigenvalue weighted by Crippen LogP contribution is -1.92. The molecule has 0 unspecified atom stereocenters. The summed E-state index contributed by atoms with van der Waals surface area (Å²) in [4.78, 5) is 0. The molecule has 0 saturated carbocycles. The fourth-order valence-corrected chi connectivity index (χ4v) is 1.33. The molecule has 0 radical (unpaired) electrons. The minimum atomic E-state index is 1.17. The Morgan fingerprint density at radius 1 is 1.33 bits per heavy atom. The maximum absolute atomic E-state index is 3.65. The van der Waals surface area contributed by atoms with E-state index in [-0.39, 0.29) is 0 Å². The Hall–Kier alpha value is -1.04. The highest BCUT2D eigenvalue weighted by molar-refractivity contribution is 5.36. The highest BCUT2D eigenvalue weighted by Gasteiger charge is 2.03. The standard InChI is InChI=1S/C12H16/c1-4-5-6-12-8-7-10(2)11(3)9-12/h4-6,9H,1,7-8H2,2-3H3/b6-5+. The lowest BCUT2D eigenvalue weighted by atomic mass is 9.94. The Morgan fingerprint density at radius 2 is 2.08 bits per heavy atom. The van der Waals surface area contributed by atoms with Crippen LogP contribution in [0.5, 0.6) is 0 Å². The van der Waals surface area contributed by atoms with Gasteiger partial charge in [0.15, 0.2) is 0 Å². The van der Waals surface area contributed by atoms with Gasteiger partial charge in [-0.2, -0.15) is 0 Å². The number of rotatable bonds is 2. The SMILES string of the molecule is C=C/C=C/C1=CC(C)=C(C)CC1. The first-order valence-corrected chi connectivity index (χ1v) is 4.40. The van der Waals surface area contributed by atoms with Crippen LogP contribution in [0, 0.1) is 0 Å². The van der Waals surface area contributed by atoms with Gasteiger partial charge in [0.2, 0.25) is 0 Å². The molecule has 12 heavy (non-hydrogen) atoms. The third-order valence-electron chi connectivity index (χ3n) is 2.31. The van der Waals surface area contributed by atoms with Crippen molar-refractivity contribution in [2.24, 2.45) is 0 Å². The Morgan fingerprint density at radius 3 is 2.67 bits per heavy atom. The molecule has 0 aromatic carbocycles. The van der Waals surface area contributed by atoms with Gasteiger partial charge in [0.25, 0.3) is 0 Å². The van der Waals surface area contributed by atoms with Crippen LogP contribution in [0.1, 0.15) is 26.7 Å². The zero-order valence-electron chi connectivity index (χ0n) is 7.93. The second kappa shape index (κ2) is 4.10. The molecule has 0 amide bonds. The Bertz CT molecular complexity index is 262. The zero-order valence-corrected chi connectivity index (χ0v) is 7.93. The van der Waals surface area contributed by atoms with Crippen molar-refractivity contribution in [1.82, 2.24) is 0 Å². The smallest absolute Gasteiger partial charge is 0.0241 e. The molecule has 0 atom stereocenters. The summed E-state index contributed by atoms with van der Waals surface area (Å²) < 4.78 is 0. The van der Waals surface area contributed by atoms with Crippen LogP contribution in [0.15, 0.2) is 47.6 Å². The largest absolute Gasteiger partial charge is 0.0991 e. The van der Waals surface area contributed by atoms with Crippen LogP contribution in [-0.2, 0) is 0 Å². The van der Waals surface area contributed by atoms with Crippen molar-refractivity contribution in [3.8, 4) is 0 Å². The van der Waals surface area contributed by atoms with Crippen LogP contribution in [-0.4, -0.2) is 0 Å². The predicted octanol–water partition coefficient (Wildman–Crippen LogP) is 3.79. The molecule has 0 aromatic rings. The van der Waals surface area contributed by atoms with E-state index in [1.807, 2.05) is 12.2 Å². The molecular formula is C12H16. The van der Waals surface area contributed by atoms with E-state index in [4.69, 9.17) is 0 Å². The minimum absolute atomic E-state index is 1.17. The van der Waals surface area contributed by atoms with E-state index in [1.165, 1.54) is 29.6 Å². The molecule has 0 spiro atoms. The molecule has 1 rings (SSSR count). The topological polar surface area (TPSA) is 0 Å². The first-order chi connectivity index (χ1) is 5.74. The van der Waals surface area contributed by atoms with Gasteiger partial charge in [-0.15, -0.1) is 0 Å². The molecule has 1 aliphatic rings. The third kappa shape index (κ3) is 2.23. The lowest BCUT2D eigenvalue weighted by molar-refractivity contribution is 0.907. The minimum Gasteiger partial charge on any atom is -0.0991 e. The Labute approximate surface area is 75.0 Å². The normalized spacial score (nSPS) is 18.3. The second-order valence-corrected chi connectivity index (χ2v) is 3.28. The van der Waals surface area contributed by atoms with Crippen molar-refractivity contribution in [2.45, 2.75) is 26.7 Å². The zero-order chi connectivity index (χ0) is 8.97. The number of allylic oxidation sites excluding steroid dienone is 7. The van der Waals surface area contributed by atoms with Gasteiger partial charge in [-0.3, -0.25) is 0 Å². The van der Waals surface area contributed by atoms with E-state index < -0.39 is 0 Å². The van der Waals surface area contributed by atoms with Crippen molar-refractivity contribution in [3.63, 3.8) is 0 Å². The molecule has 0 nitrogen and oxygen atoms in total. The summed E-state index contributed by atoms with van der Waals surface area (Å²) in [6.07, 6.45) is 10.6. The van der Waals surface area contributed by atoms with E-state index in [0.717, 1.165) is 0 Å². The molecule has 0 aromatic heterocycles. The molecule has 0 fully saturated rings. The number of hydrogen-bond donors (Lipinski definition) is 0. The van der Waals surface area contributed by atoms with Crippen LogP contribution >= 0.6 is 0 Å². The average molecular weight is 160 g/mol.